The predicted molar refractivity (Wildman–Crippen MR) is 82.6 cm³/mol. The van der Waals surface area contributed by atoms with Crippen LogP contribution in [-0.2, 0) is 6.42 Å². The molecule has 0 aliphatic carbocycles. The Balaban J connectivity index is 1.86. The van der Waals surface area contributed by atoms with Crippen molar-refractivity contribution in [3.8, 4) is 11.5 Å². The smallest absolute Gasteiger partial charge is 0.161 e. The second kappa shape index (κ2) is 7.95. The van der Waals surface area contributed by atoms with Gasteiger partial charge in [-0.2, -0.15) is 0 Å². The molecule has 3 nitrogen and oxygen atoms in total. The monoisotopic (exact) mass is 275 g/mol. The van der Waals surface area contributed by atoms with Crippen LogP contribution in [0.4, 0.5) is 0 Å². The first-order valence-electron chi connectivity index (χ1n) is 7.47. The van der Waals surface area contributed by atoms with Gasteiger partial charge in [-0.1, -0.05) is 18.6 Å². The maximum atomic E-state index is 5.87. The molecule has 1 saturated heterocycles. The number of rotatable bonds is 7. The lowest BCUT2D eigenvalue weighted by atomic mass is 10.0. The number of piperidine rings is 1. The molecule has 1 aliphatic heterocycles. The lowest BCUT2D eigenvalue weighted by molar-refractivity contribution is 0.257. The molecule has 1 heterocycles. The molecule has 1 fully saturated rings. The number of ether oxygens (including phenoxy) is 2. The van der Waals surface area contributed by atoms with Gasteiger partial charge in [-0.25, -0.2) is 0 Å². The van der Waals surface area contributed by atoms with E-state index in [1.807, 2.05) is 18.2 Å². The van der Waals surface area contributed by atoms with E-state index in [2.05, 4.69) is 18.0 Å². The van der Waals surface area contributed by atoms with Crippen LogP contribution in [-0.4, -0.2) is 26.3 Å². The Labute approximate surface area is 122 Å². The Morgan fingerprint density at radius 3 is 2.95 bits per heavy atom. The van der Waals surface area contributed by atoms with Crippen molar-refractivity contribution in [2.24, 2.45) is 0 Å². The fourth-order valence-electron chi connectivity index (χ4n) is 2.61. The van der Waals surface area contributed by atoms with Crippen LogP contribution in [0.3, 0.4) is 0 Å². The topological polar surface area (TPSA) is 30.5 Å². The summed E-state index contributed by atoms with van der Waals surface area (Å²) in [5.74, 6) is 1.64. The van der Waals surface area contributed by atoms with E-state index in [0.717, 1.165) is 37.5 Å². The fraction of sp³-hybridized carbons (Fsp3) is 0.529. The van der Waals surface area contributed by atoms with Crippen molar-refractivity contribution in [2.75, 3.05) is 20.3 Å². The highest BCUT2D eigenvalue weighted by Crippen LogP contribution is 2.28. The van der Waals surface area contributed by atoms with Crippen LogP contribution in [0.5, 0.6) is 11.5 Å². The van der Waals surface area contributed by atoms with Gasteiger partial charge >= 0.3 is 0 Å². The molecule has 2 rings (SSSR count). The maximum Gasteiger partial charge on any atom is 0.161 e. The van der Waals surface area contributed by atoms with E-state index in [4.69, 9.17) is 9.47 Å². The summed E-state index contributed by atoms with van der Waals surface area (Å²) < 4.78 is 11.3. The van der Waals surface area contributed by atoms with Crippen LogP contribution in [0.15, 0.2) is 30.9 Å². The van der Waals surface area contributed by atoms with E-state index < -0.39 is 0 Å². The minimum Gasteiger partial charge on any atom is -0.493 e. The Morgan fingerprint density at radius 1 is 1.35 bits per heavy atom. The summed E-state index contributed by atoms with van der Waals surface area (Å²) in [6, 6.07) is 6.69. The SMILES string of the molecule is C=CCc1ccc(OCC[C@H]2CCCCN2)c(OC)c1. The molecule has 1 aromatic carbocycles. The first kappa shape index (κ1) is 14.9. The van der Waals surface area contributed by atoms with Crippen LogP contribution >= 0.6 is 0 Å². The summed E-state index contributed by atoms with van der Waals surface area (Å²) in [7, 11) is 1.68. The van der Waals surface area contributed by atoms with Gasteiger partial charge < -0.3 is 14.8 Å². The summed E-state index contributed by atoms with van der Waals surface area (Å²) in [5.41, 5.74) is 1.19. The summed E-state index contributed by atoms with van der Waals surface area (Å²) in [6.07, 6.45) is 7.69. The van der Waals surface area contributed by atoms with E-state index in [9.17, 15) is 0 Å². The van der Waals surface area contributed by atoms with Crippen LogP contribution in [0.1, 0.15) is 31.2 Å². The molecule has 1 aliphatic rings. The third kappa shape index (κ3) is 4.27. The average Bonchev–Trinajstić information content (AvgIpc) is 2.50. The summed E-state index contributed by atoms with van der Waals surface area (Å²) >= 11 is 0. The molecule has 1 atom stereocenters. The second-order valence-corrected chi connectivity index (χ2v) is 5.26. The van der Waals surface area contributed by atoms with Gasteiger partial charge in [-0.3, -0.25) is 0 Å². The quantitative estimate of drug-likeness (QED) is 0.774. The van der Waals surface area contributed by atoms with Crippen molar-refractivity contribution in [2.45, 2.75) is 38.1 Å². The van der Waals surface area contributed by atoms with Crippen molar-refractivity contribution in [3.63, 3.8) is 0 Å². The molecule has 0 amide bonds. The Bertz CT molecular complexity index is 425. The van der Waals surface area contributed by atoms with E-state index in [1.54, 1.807) is 7.11 Å². The molecule has 0 spiro atoms. The van der Waals surface area contributed by atoms with Gasteiger partial charge in [0.05, 0.1) is 13.7 Å². The highest BCUT2D eigenvalue weighted by Gasteiger charge is 2.13. The molecule has 0 saturated carbocycles. The largest absolute Gasteiger partial charge is 0.493 e. The lowest BCUT2D eigenvalue weighted by Crippen LogP contribution is -2.35. The Morgan fingerprint density at radius 2 is 2.25 bits per heavy atom. The third-order valence-corrected chi connectivity index (χ3v) is 3.74. The first-order chi connectivity index (χ1) is 9.83. The summed E-state index contributed by atoms with van der Waals surface area (Å²) in [4.78, 5) is 0. The summed E-state index contributed by atoms with van der Waals surface area (Å²) in [6.45, 7) is 5.63. The second-order valence-electron chi connectivity index (χ2n) is 5.26. The fourth-order valence-corrected chi connectivity index (χ4v) is 2.61. The lowest BCUT2D eigenvalue weighted by Gasteiger charge is -2.23. The molecule has 20 heavy (non-hydrogen) atoms. The van der Waals surface area contributed by atoms with Crippen LogP contribution in [0.2, 0.25) is 0 Å². The van der Waals surface area contributed by atoms with Crippen LogP contribution < -0.4 is 14.8 Å². The number of allylic oxidation sites excluding steroid dienone is 1. The zero-order valence-corrected chi connectivity index (χ0v) is 12.4. The molecule has 0 bridgehead atoms. The van der Waals surface area contributed by atoms with Crippen molar-refractivity contribution < 1.29 is 9.47 Å². The molecule has 0 radical (unpaired) electrons. The zero-order valence-electron chi connectivity index (χ0n) is 12.4. The molecule has 0 aromatic heterocycles. The van der Waals surface area contributed by atoms with Crippen molar-refractivity contribution in [1.82, 2.24) is 5.32 Å². The average molecular weight is 275 g/mol. The van der Waals surface area contributed by atoms with Gasteiger partial charge in [0.2, 0.25) is 0 Å². The van der Waals surface area contributed by atoms with Gasteiger partial charge in [0.1, 0.15) is 0 Å². The molecule has 0 unspecified atom stereocenters. The van der Waals surface area contributed by atoms with E-state index >= 15 is 0 Å². The molecular formula is C17H25NO2. The van der Waals surface area contributed by atoms with E-state index in [1.165, 1.54) is 24.8 Å². The molecule has 1 N–H and O–H groups in total. The Kier molecular flexibility index (Phi) is 5.93. The van der Waals surface area contributed by atoms with E-state index in [0.29, 0.717) is 6.04 Å². The molecule has 3 heteroatoms. The van der Waals surface area contributed by atoms with Gasteiger partial charge in [-0.05, 0) is 49.9 Å². The zero-order chi connectivity index (χ0) is 14.2. The van der Waals surface area contributed by atoms with Gasteiger partial charge in [-0.15, -0.1) is 6.58 Å². The highest BCUT2D eigenvalue weighted by molar-refractivity contribution is 5.43. The number of nitrogens with one attached hydrogen (secondary N) is 1. The predicted octanol–water partition coefficient (Wildman–Crippen LogP) is 3.33. The van der Waals surface area contributed by atoms with Crippen LogP contribution in [0.25, 0.3) is 0 Å². The van der Waals surface area contributed by atoms with Crippen molar-refractivity contribution >= 4 is 0 Å². The number of hydrogen-bond donors (Lipinski definition) is 1. The minimum atomic E-state index is 0.606. The van der Waals surface area contributed by atoms with Gasteiger partial charge in [0, 0.05) is 6.04 Å². The molecular weight excluding hydrogens is 250 g/mol. The van der Waals surface area contributed by atoms with Crippen LogP contribution in [0, 0.1) is 0 Å². The van der Waals surface area contributed by atoms with Gasteiger partial charge in [0.15, 0.2) is 11.5 Å². The standard InChI is InChI=1S/C17H25NO2/c1-3-6-14-8-9-16(17(13-14)19-2)20-12-10-15-7-4-5-11-18-15/h3,8-9,13,15,18H,1,4-7,10-12H2,2H3/t15-/m1/s1. The van der Waals surface area contributed by atoms with Crippen molar-refractivity contribution in [3.05, 3.63) is 36.4 Å². The first-order valence-corrected chi connectivity index (χ1v) is 7.47. The highest BCUT2D eigenvalue weighted by atomic mass is 16.5. The Hall–Kier alpha value is -1.48. The number of benzene rings is 1. The maximum absolute atomic E-state index is 5.87. The van der Waals surface area contributed by atoms with Crippen molar-refractivity contribution in [1.29, 1.82) is 0 Å². The number of methoxy groups -OCH3 is 1. The summed E-state index contributed by atoms with van der Waals surface area (Å²) in [5, 5.41) is 3.54. The van der Waals surface area contributed by atoms with E-state index in [-0.39, 0.29) is 0 Å². The molecule has 110 valence electrons. The third-order valence-electron chi connectivity index (χ3n) is 3.74. The van der Waals surface area contributed by atoms with Gasteiger partial charge in [0.25, 0.3) is 0 Å². The molecule has 1 aromatic rings. The normalized spacial score (nSPS) is 18.6. The number of hydrogen-bond acceptors (Lipinski definition) is 3. The minimum absolute atomic E-state index is 0.606.